The maximum Gasteiger partial charge on any atom is 0.309 e. The number of benzene rings is 1. The van der Waals surface area contributed by atoms with E-state index in [2.05, 4.69) is 4.98 Å². The van der Waals surface area contributed by atoms with Crippen molar-refractivity contribution in [1.82, 2.24) is 4.98 Å². The normalized spacial score (nSPS) is 14.1. The van der Waals surface area contributed by atoms with Gasteiger partial charge in [0, 0.05) is 24.6 Å². The van der Waals surface area contributed by atoms with Gasteiger partial charge < -0.3 is 14.6 Å². The highest BCUT2D eigenvalue weighted by molar-refractivity contribution is 5.99. The largest absolute Gasteiger partial charge is 0.503 e. The van der Waals surface area contributed by atoms with E-state index in [1.54, 1.807) is 6.92 Å². The standard InChI is InChI=1S/C23H27F2NO5/c1-12(2)20(16-11-15(24)6-7-17(16)25)14(4)31-23(29)13(3)10-18(27)21-22(28)19(30-5)8-9-26-21/h6-9,11-14,20,28H,10H2,1-5H3/t13-,14+,20-/m1/s1. The number of esters is 1. The highest BCUT2D eigenvalue weighted by atomic mass is 19.1. The second-order valence-corrected chi connectivity index (χ2v) is 7.82. The molecule has 1 heterocycles. The Kier molecular flexibility index (Phi) is 8.08. The molecule has 0 amide bonds. The SMILES string of the molecule is COc1ccnc(C(=O)C[C@@H](C)C(=O)O[C@@H](C)[C@H](c2cc(F)ccc2F)C(C)C)c1O. The van der Waals surface area contributed by atoms with Gasteiger partial charge in [0.05, 0.1) is 13.0 Å². The summed E-state index contributed by atoms with van der Waals surface area (Å²) in [7, 11) is 1.34. The molecule has 0 unspecified atom stereocenters. The molecule has 2 aromatic rings. The van der Waals surface area contributed by atoms with Crippen molar-refractivity contribution in [2.45, 2.75) is 46.1 Å². The van der Waals surface area contributed by atoms with E-state index < -0.39 is 47.1 Å². The highest BCUT2D eigenvalue weighted by Gasteiger charge is 2.31. The Morgan fingerprint density at radius 2 is 1.81 bits per heavy atom. The van der Waals surface area contributed by atoms with Crippen molar-refractivity contribution in [3.05, 3.63) is 53.4 Å². The van der Waals surface area contributed by atoms with E-state index in [9.17, 15) is 23.5 Å². The van der Waals surface area contributed by atoms with Crippen LogP contribution in [0, 0.1) is 23.5 Å². The lowest BCUT2D eigenvalue weighted by Crippen LogP contribution is -2.30. The van der Waals surface area contributed by atoms with Crippen molar-refractivity contribution >= 4 is 11.8 Å². The molecule has 0 saturated carbocycles. The first-order valence-corrected chi connectivity index (χ1v) is 9.97. The Morgan fingerprint density at radius 3 is 2.42 bits per heavy atom. The van der Waals surface area contributed by atoms with Crippen LogP contribution in [0.2, 0.25) is 0 Å². The van der Waals surface area contributed by atoms with Crippen molar-refractivity contribution in [2.24, 2.45) is 11.8 Å². The van der Waals surface area contributed by atoms with Gasteiger partial charge in [-0.25, -0.2) is 13.8 Å². The Morgan fingerprint density at radius 1 is 1.13 bits per heavy atom. The molecule has 1 N–H and O–H groups in total. The number of rotatable bonds is 9. The molecule has 0 aliphatic carbocycles. The van der Waals surface area contributed by atoms with Gasteiger partial charge in [-0.05, 0) is 36.6 Å². The molecule has 6 nitrogen and oxygen atoms in total. The zero-order valence-electron chi connectivity index (χ0n) is 18.2. The fourth-order valence-electron chi connectivity index (χ4n) is 3.56. The number of ketones is 1. The van der Waals surface area contributed by atoms with Crippen molar-refractivity contribution < 1.29 is 33.0 Å². The molecule has 31 heavy (non-hydrogen) atoms. The van der Waals surface area contributed by atoms with Crippen LogP contribution in [0.4, 0.5) is 8.78 Å². The Hall–Kier alpha value is -3.03. The van der Waals surface area contributed by atoms with Crippen LogP contribution in [0.25, 0.3) is 0 Å². The summed E-state index contributed by atoms with van der Waals surface area (Å²) in [5, 5.41) is 10.1. The molecule has 0 fully saturated rings. The summed E-state index contributed by atoms with van der Waals surface area (Å²) in [5.41, 5.74) is -0.0709. The quantitative estimate of drug-likeness (QED) is 0.456. The monoisotopic (exact) mass is 435 g/mol. The topological polar surface area (TPSA) is 85.7 Å². The van der Waals surface area contributed by atoms with Crippen LogP contribution in [0.1, 0.15) is 56.1 Å². The highest BCUT2D eigenvalue weighted by Crippen LogP contribution is 2.33. The van der Waals surface area contributed by atoms with Crippen LogP contribution in [0.5, 0.6) is 11.5 Å². The van der Waals surface area contributed by atoms with E-state index in [0.29, 0.717) is 0 Å². The van der Waals surface area contributed by atoms with Crippen LogP contribution in [-0.2, 0) is 9.53 Å². The molecule has 0 spiro atoms. The fourth-order valence-corrected chi connectivity index (χ4v) is 3.56. The number of hydrogen-bond acceptors (Lipinski definition) is 6. The van der Waals surface area contributed by atoms with Crippen molar-refractivity contribution in [2.75, 3.05) is 7.11 Å². The molecule has 0 aliphatic rings. The minimum atomic E-state index is -0.840. The van der Waals surface area contributed by atoms with E-state index in [1.165, 1.54) is 26.3 Å². The number of carbonyl (C=O) groups excluding carboxylic acids is 2. The zero-order valence-corrected chi connectivity index (χ0v) is 18.2. The summed E-state index contributed by atoms with van der Waals surface area (Å²) < 4.78 is 38.4. The number of carbonyl (C=O) groups is 2. The van der Waals surface area contributed by atoms with E-state index in [-0.39, 0.29) is 29.3 Å². The minimum Gasteiger partial charge on any atom is -0.503 e. The third-order valence-electron chi connectivity index (χ3n) is 5.11. The van der Waals surface area contributed by atoms with E-state index >= 15 is 0 Å². The summed E-state index contributed by atoms with van der Waals surface area (Å²) >= 11 is 0. The number of methoxy groups -OCH3 is 1. The van der Waals surface area contributed by atoms with Gasteiger partial charge in [0.1, 0.15) is 17.7 Å². The number of ether oxygens (including phenoxy) is 2. The zero-order chi connectivity index (χ0) is 23.3. The second-order valence-electron chi connectivity index (χ2n) is 7.82. The van der Waals surface area contributed by atoms with Crippen LogP contribution in [0.3, 0.4) is 0 Å². The molecule has 1 aromatic heterocycles. The molecular formula is C23H27F2NO5. The van der Waals surface area contributed by atoms with Gasteiger partial charge in [-0.15, -0.1) is 0 Å². The summed E-state index contributed by atoms with van der Waals surface area (Å²) in [6.07, 6.45) is 0.307. The number of halogens is 2. The van der Waals surface area contributed by atoms with Crippen LogP contribution < -0.4 is 4.74 Å². The van der Waals surface area contributed by atoms with Crippen molar-refractivity contribution in [3.63, 3.8) is 0 Å². The number of aromatic nitrogens is 1. The summed E-state index contributed by atoms with van der Waals surface area (Å²) in [6.45, 7) is 6.77. The van der Waals surface area contributed by atoms with Gasteiger partial charge in [-0.2, -0.15) is 0 Å². The first-order chi connectivity index (χ1) is 14.6. The van der Waals surface area contributed by atoms with E-state index in [0.717, 1.165) is 18.2 Å². The molecular weight excluding hydrogens is 408 g/mol. The Labute approximate surface area is 180 Å². The van der Waals surface area contributed by atoms with Gasteiger partial charge in [0.2, 0.25) is 0 Å². The number of hydrogen-bond donors (Lipinski definition) is 1. The van der Waals surface area contributed by atoms with Crippen LogP contribution in [-0.4, -0.2) is 35.1 Å². The first-order valence-electron chi connectivity index (χ1n) is 9.97. The molecule has 3 atom stereocenters. The fraction of sp³-hybridized carbons (Fsp3) is 0.435. The van der Waals surface area contributed by atoms with Gasteiger partial charge in [0.25, 0.3) is 0 Å². The Balaban J connectivity index is 2.12. The molecule has 0 bridgehead atoms. The average Bonchev–Trinajstić information content (AvgIpc) is 2.70. The lowest BCUT2D eigenvalue weighted by Gasteiger charge is -2.29. The van der Waals surface area contributed by atoms with Gasteiger partial charge >= 0.3 is 5.97 Å². The van der Waals surface area contributed by atoms with Crippen molar-refractivity contribution in [3.8, 4) is 11.5 Å². The maximum absolute atomic E-state index is 14.3. The number of pyridine rings is 1. The van der Waals surface area contributed by atoms with Crippen LogP contribution in [0.15, 0.2) is 30.5 Å². The van der Waals surface area contributed by atoms with Gasteiger partial charge in [0.15, 0.2) is 23.0 Å². The summed E-state index contributed by atoms with van der Waals surface area (Å²) in [5.74, 6) is -4.23. The molecule has 0 saturated heterocycles. The molecule has 0 aliphatic heterocycles. The third-order valence-corrected chi connectivity index (χ3v) is 5.11. The molecule has 2 rings (SSSR count). The number of nitrogens with zero attached hydrogens (tertiary/aromatic N) is 1. The molecule has 8 heteroatoms. The van der Waals surface area contributed by atoms with Gasteiger partial charge in [-0.3, -0.25) is 9.59 Å². The number of Topliss-reactive ketones (excluding diaryl/α,β-unsaturated/α-hetero) is 1. The second kappa shape index (κ2) is 10.3. The predicted molar refractivity (Wildman–Crippen MR) is 110 cm³/mol. The first kappa shape index (κ1) is 24.2. The lowest BCUT2D eigenvalue weighted by atomic mass is 9.84. The van der Waals surface area contributed by atoms with Crippen molar-refractivity contribution in [1.29, 1.82) is 0 Å². The van der Waals surface area contributed by atoms with Gasteiger partial charge in [-0.1, -0.05) is 20.8 Å². The Bertz CT molecular complexity index is 948. The van der Waals surface area contributed by atoms with Crippen LogP contribution >= 0.6 is 0 Å². The smallest absolute Gasteiger partial charge is 0.309 e. The third kappa shape index (κ3) is 5.77. The number of aromatic hydroxyl groups is 1. The maximum atomic E-state index is 14.3. The average molecular weight is 435 g/mol. The molecule has 1 aromatic carbocycles. The van der Waals surface area contributed by atoms with E-state index in [1.807, 2.05) is 13.8 Å². The molecule has 168 valence electrons. The summed E-state index contributed by atoms with van der Waals surface area (Å²) in [4.78, 5) is 29.0. The predicted octanol–water partition coefficient (Wildman–Crippen LogP) is 4.65. The summed E-state index contributed by atoms with van der Waals surface area (Å²) in [6, 6.07) is 4.59. The lowest BCUT2D eigenvalue weighted by molar-refractivity contribution is -0.154. The minimum absolute atomic E-state index is 0.0964. The van der Waals surface area contributed by atoms with E-state index in [4.69, 9.17) is 9.47 Å². The molecule has 0 radical (unpaired) electrons.